The van der Waals surface area contributed by atoms with E-state index in [0.717, 1.165) is 6.42 Å². The average molecular weight is 201 g/mol. The van der Waals surface area contributed by atoms with Gasteiger partial charge in [0.2, 0.25) is 0 Å². The Hall–Kier alpha value is -1.24. The molecule has 0 spiro atoms. The van der Waals surface area contributed by atoms with Crippen molar-refractivity contribution in [3.8, 4) is 0 Å². The largest absolute Gasteiger partial charge is 0.380 e. The highest BCUT2D eigenvalue weighted by molar-refractivity contribution is 5.75. The summed E-state index contributed by atoms with van der Waals surface area (Å²) in [5.74, 6) is 0. The first-order valence-corrected chi connectivity index (χ1v) is 5.53. The maximum Gasteiger partial charge on any atom is 0.0413 e. The van der Waals surface area contributed by atoms with Gasteiger partial charge in [-0.2, -0.15) is 0 Å². The molecule has 2 rings (SSSR count). The summed E-state index contributed by atoms with van der Waals surface area (Å²) in [5, 5.41) is 3.60. The van der Waals surface area contributed by atoms with Crippen molar-refractivity contribution in [3.05, 3.63) is 41.0 Å². The summed E-state index contributed by atoms with van der Waals surface area (Å²) < 4.78 is 0. The van der Waals surface area contributed by atoms with Crippen LogP contribution >= 0.6 is 0 Å². The summed E-state index contributed by atoms with van der Waals surface area (Å²) in [4.78, 5) is 0. The molecular weight excluding hydrogens is 182 g/mol. The molecule has 1 aliphatic rings. The van der Waals surface area contributed by atoms with E-state index in [2.05, 4.69) is 57.3 Å². The third kappa shape index (κ3) is 2.06. The monoisotopic (exact) mass is 201 g/mol. The van der Waals surface area contributed by atoms with E-state index in [1.807, 2.05) is 0 Å². The number of benzene rings is 1. The van der Waals surface area contributed by atoms with Gasteiger partial charge in [-0.25, -0.2) is 0 Å². The zero-order valence-electron chi connectivity index (χ0n) is 10.0. The second kappa shape index (κ2) is 3.41. The van der Waals surface area contributed by atoms with Crippen molar-refractivity contribution in [1.82, 2.24) is 5.32 Å². The summed E-state index contributed by atoms with van der Waals surface area (Å²) in [6.45, 7) is 8.82. The summed E-state index contributed by atoms with van der Waals surface area (Å²) in [6.07, 6.45) is 1.09. The van der Waals surface area contributed by atoms with Crippen LogP contribution in [0.1, 0.15) is 38.8 Å². The Morgan fingerprint density at radius 3 is 2.47 bits per heavy atom. The van der Waals surface area contributed by atoms with Crippen LogP contribution in [0, 0.1) is 0 Å². The first kappa shape index (κ1) is 10.3. The van der Waals surface area contributed by atoms with Gasteiger partial charge in [0.05, 0.1) is 0 Å². The normalized spacial score (nSPS) is 15.5. The highest BCUT2D eigenvalue weighted by Gasteiger charge is 2.21. The van der Waals surface area contributed by atoms with Gasteiger partial charge in [-0.15, -0.1) is 0 Å². The second-order valence-corrected chi connectivity index (χ2v) is 5.36. The maximum absolute atomic E-state index is 3.60. The van der Waals surface area contributed by atoms with Crippen LogP contribution in [0.2, 0.25) is 0 Å². The lowest BCUT2D eigenvalue weighted by Gasteiger charge is -2.24. The minimum absolute atomic E-state index is 0.133. The minimum Gasteiger partial charge on any atom is -0.380 e. The van der Waals surface area contributed by atoms with Crippen LogP contribution in [0.4, 0.5) is 0 Å². The average Bonchev–Trinajstić information content (AvgIpc) is 2.41. The van der Waals surface area contributed by atoms with Gasteiger partial charge in [0.1, 0.15) is 0 Å². The molecule has 1 aliphatic carbocycles. The molecule has 0 bridgehead atoms. The molecule has 1 nitrogen and oxygen atoms in total. The highest BCUT2D eigenvalue weighted by Crippen LogP contribution is 2.31. The fourth-order valence-corrected chi connectivity index (χ4v) is 2.07. The molecule has 0 radical (unpaired) electrons. The summed E-state index contributed by atoms with van der Waals surface area (Å²) in [6, 6.07) is 8.66. The molecule has 0 heterocycles. The number of hydrogen-bond donors (Lipinski definition) is 1. The van der Waals surface area contributed by atoms with E-state index in [-0.39, 0.29) is 5.54 Å². The van der Waals surface area contributed by atoms with Gasteiger partial charge in [-0.3, -0.25) is 0 Å². The van der Waals surface area contributed by atoms with Crippen LogP contribution < -0.4 is 5.32 Å². The summed E-state index contributed by atoms with van der Waals surface area (Å²) in [7, 11) is 0. The van der Waals surface area contributed by atoms with Crippen molar-refractivity contribution in [2.75, 3.05) is 0 Å². The molecule has 1 aromatic carbocycles. The lowest BCUT2D eigenvalue weighted by Crippen LogP contribution is -2.34. The predicted octanol–water partition coefficient (Wildman–Crippen LogP) is 3.36. The van der Waals surface area contributed by atoms with Crippen molar-refractivity contribution in [1.29, 1.82) is 0 Å². The quantitative estimate of drug-likeness (QED) is 0.734. The smallest absolute Gasteiger partial charge is 0.0413 e. The molecular formula is C14H19N. The Morgan fingerprint density at radius 2 is 1.80 bits per heavy atom. The van der Waals surface area contributed by atoms with E-state index in [1.54, 1.807) is 0 Å². The van der Waals surface area contributed by atoms with Crippen molar-refractivity contribution < 1.29 is 0 Å². The highest BCUT2D eigenvalue weighted by atomic mass is 15.0. The topological polar surface area (TPSA) is 12.0 Å². The fraction of sp³-hybridized carbons (Fsp3) is 0.429. The molecule has 0 saturated heterocycles. The van der Waals surface area contributed by atoms with Gasteiger partial charge in [-0.05, 0) is 45.3 Å². The molecule has 0 atom stereocenters. The molecule has 0 aromatic heterocycles. The third-order valence-corrected chi connectivity index (χ3v) is 2.67. The van der Waals surface area contributed by atoms with E-state index in [0.29, 0.717) is 0 Å². The van der Waals surface area contributed by atoms with Crippen LogP contribution in [0.15, 0.2) is 29.8 Å². The van der Waals surface area contributed by atoms with Gasteiger partial charge >= 0.3 is 0 Å². The Kier molecular flexibility index (Phi) is 2.34. The third-order valence-electron chi connectivity index (χ3n) is 2.67. The standard InChI is InChI=1S/C14H19N/c1-10-9-11-7-5-6-8-12(11)13(10)15-14(2,3)4/h5-8,15H,9H2,1-4H3. The van der Waals surface area contributed by atoms with E-state index in [9.17, 15) is 0 Å². The van der Waals surface area contributed by atoms with E-state index in [1.165, 1.54) is 22.4 Å². The van der Waals surface area contributed by atoms with Crippen LogP contribution in [0.3, 0.4) is 0 Å². The van der Waals surface area contributed by atoms with Gasteiger partial charge in [0.15, 0.2) is 0 Å². The Bertz CT molecular complexity index is 408. The lowest BCUT2D eigenvalue weighted by atomic mass is 10.1. The Balaban J connectivity index is 2.36. The molecule has 15 heavy (non-hydrogen) atoms. The summed E-state index contributed by atoms with van der Waals surface area (Å²) >= 11 is 0. The summed E-state index contributed by atoms with van der Waals surface area (Å²) in [5.41, 5.74) is 5.74. The number of fused-ring (bicyclic) bond motifs is 1. The van der Waals surface area contributed by atoms with Crippen LogP contribution in [0.5, 0.6) is 0 Å². The maximum atomic E-state index is 3.60. The Morgan fingerprint density at radius 1 is 1.13 bits per heavy atom. The molecule has 1 heteroatoms. The van der Waals surface area contributed by atoms with E-state index < -0.39 is 0 Å². The lowest BCUT2D eigenvalue weighted by molar-refractivity contribution is 0.500. The van der Waals surface area contributed by atoms with Gasteiger partial charge in [0.25, 0.3) is 0 Å². The van der Waals surface area contributed by atoms with Gasteiger partial charge in [-0.1, -0.05) is 24.3 Å². The molecule has 0 unspecified atom stereocenters. The molecule has 1 N–H and O–H groups in total. The van der Waals surface area contributed by atoms with Crippen molar-refractivity contribution >= 4 is 5.70 Å². The number of allylic oxidation sites excluding steroid dienone is 1. The SMILES string of the molecule is CC1=C(NC(C)(C)C)c2ccccc2C1. The molecule has 0 fully saturated rings. The van der Waals surface area contributed by atoms with Crippen molar-refractivity contribution in [3.63, 3.8) is 0 Å². The predicted molar refractivity (Wildman–Crippen MR) is 65.6 cm³/mol. The molecule has 1 aromatic rings. The number of hydrogen-bond acceptors (Lipinski definition) is 1. The first-order chi connectivity index (χ1) is 6.97. The van der Waals surface area contributed by atoms with Gasteiger partial charge in [0, 0.05) is 16.8 Å². The molecule has 0 saturated carbocycles. The number of nitrogens with one attached hydrogen (secondary N) is 1. The molecule has 0 aliphatic heterocycles. The molecule has 80 valence electrons. The van der Waals surface area contributed by atoms with E-state index >= 15 is 0 Å². The van der Waals surface area contributed by atoms with Crippen LogP contribution in [-0.4, -0.2) is 5.54 Å². The second-order valence-electron chi connectivity index (χ2n) is 5.36. The van der Waals surface area contributed by atoms with Crippen LogP contribution in [0.25, 0.3) is 5.70 Å². The zero-order chi connectivity index (χ0) is 11.1. The van der Waals surface area contributed by atoms with E-state index in [4.69, 9.17) is 0 Å². The first-order valence-electron chi connectivity index (χ1n) is 5.53. The molecule has 0 amide bonds. The number of rotatable bonds is 1. The van der Waals surface area contributed by atoms with Crippen LogP contribution in [-0.2, 0) is 6.42 Å². The fourth-order valence-electron chi connectivity index (χ4n) is 2.07. The van der Waals surface area contributed by atoms with Crippen molar-refractivity contribution in [2.45, 2.75) is 39.7 Å². The minimum atomic E-state index is 0.133. The van der Waals surface area contributed by atoms with Crippen molar-refractivity contribution in [2.24, 2.45) is 0 Å². The zero-order valence-corrected chi connectivity index (χ0v) is 10.0. The van der Waals surface area contributed by atoms with Gasteiger partial charge < -0.3 is 5.32 Å². The Labute approximate surface area is 92.2 Å².